The van der Waals surface area contributed by atoms with E-state index in [-0.39, 0.29) is 18.9 Å². The number of hydrogen-bond acceptors (Lipinski definition) is 0. The molecule has 0 unspecified atom stereocenters. The second-order valence-electron chi connectivity index (χ2n) is 6.51. The topological polar surface area (TPSA) is 0 Å². The Morgan fingerprint density at radius 1 is 0.789 bits per heavy atom. The molecule has 0 nitrogen and oxygen atoms in total. The molecule has 0 spiro atoms. The molecule has 1 aromatic carbocycles. The van der Waals surface area contributed by atoms with E-state index in [9.17, 15) is 0 Å². The Balaban J connectivity index is 0.00000324. The first kappa shape index (κ1) is 18.4. The van der Waals surface area contributed by atoms with Crippen LogP contribution in [0.25, 0.3) is 0 Å². The average Bonchev–Trinajstić information content (AvgIpc) is 2.22. The van der Waals surface area contributed by atoms with Crippen LogP contribution in [0, 0.1) is 29.0 Å². The number of hydrogen-bond donors (Lipinski definition) is 0. The molecule has 0 heterocycles. The molecule has 0 radical (unpaired) electrons. The SMILES string of the molecule is C[Si](C)(C)C#Cc1c[c-]cc(C#C[Si](C)(C)C)c1.[Li+]. The third-order valence-corrected chi connectivity index (χ3v) is 3.70. The predicted octanol–water partition coefficient (Wildman–Crippen LogP) is 0.949. The van der Waals surface area contributed by atoms with Crippen molar-refractivity contribution in [1.82, 2.24) is 0 Å². The molecule has 0 atom stereocenters. The quantitative estimate of drug-likeness (QED) is 0.376. The largest absolute Gasteiger partial charge is 1.00 e. The van der Waals surface area contributed by atoms with Gasteiger partial charge in [0.1, 0.15) is 16.1 Å². The second kappa shape index (κ2) is 7.23. The maximum Gasteiger partial charge on any atom is 1.00 e. The molecule has 94 valence electrons. The third kappa shape index (κ3) is 8.99. The Bertz CT molecular complexity index is 493. The zero-order valence-electron chi connectivity index (χ0n) is 13.2. The first-order chi connectivity index (χ1) is 8.16. The van der Waals surface area contributed by atoms with Gasteiger partial charge in [-0.15, -0.1) is 29.0 Å². The summed E-state index contributed by atoms with van der Waals surface area (Å²) in [6, 6.07) is 9.07. The van der Waals surface area contributed by atoms with Gasteiger partial charge in [-0.3, -0.25) is 0 Å². The van der Waals surface area contributed by atoms with Crippen LogP contribution >= 0.6 is 0 Å². The summed E-state index contributed by atoms with van der Waals surface area (Å²) >= 11 is 0. The van der Waals surface area contributed by atoms with Crippen LogP contribution < -0.4 is 18.9 Å². The van der Waals surface area contributed by atoms with Crippen molar-refractivity contribution in [3.8, 4) is 22.9 Å². The van der Waals surface area contributed by atoms with Crippen LogP contribution in [-0.2, 0) is 0 Å². The van der Waals surface area contributed by atoms with Gasteiger partial charge in [0.15, 0.2) is 0 Å². The smallest absolute Gasteiger partial charge is 0.181 e. The van der Waals surface area contributed by atoms with E-state index in [0.717, 1.165) is 11.1 Å². The van der Waals surface area contributed by atoms with Crippen molar-refractivity contribution in [2.75, 3.05) is 0 Å². The van der Waals surface area contributed by atoms with E-state index >= 15 is 0 Å². The van der Waals surface area contributed by atoms with E-state index in [1.165, 1.54) is 0 Å². The molecule has 0 bridgehead atoms. The maximum atomic E-state index is 3.37. The summed E-state index contributed by atoms with van der Waals surface area (Å²) in [6.07, 6.45) is 0. The molecule has 0 N–H and O–H groups in total. The molecular formula is C16H21LiSi2. The van der Waals surface area contributed by atoms with E-state index in [1.807, 2.05) is 12.1 Å². The van der Waals surface area contributed by atoms with Gasteiger partial charge in [0.05, 0.1) is 0 Å². The fourth-order valence-electron chi connectivity index (χ4n) is 1.14. The van der Waals surface area contributed by atoms with Gasteiger partial charge in [-0.2, -0.15) is 18.2 Å². The minimum atomic E-state index is -1.31. The van der Waals surface area contributed by atoms with Crippen LogP contribution in [0.1, 0.15) is 11.1 Å². The third-order valence-electron chi connectivity index (χ3n) is 1.95. The summed E-state index contributed by atoms with van der Waals surface area (Å²) in [5.41, 5.74) is 8.79. The number of benzene rings is 1. The minimum Gasteiger partial charge on any atom is -0.181 e. The maximum absolute atomic E-state index is 3.37. The van der Waals surface area contributed by atoms with Crippen LogP contribution in [0.2, 0.25) is 39.3 Å². The normalized spacial score (nSPS) is 10.4. The van der Waals surface area contributed by atoms with Gasteiger partial charge in [0.25, 0.3) is 0 Å². The van der Waals surface area contributed by atoms with Gasteiger partial charge in [0, 0.05) is 0 Å². The van der Waals surface area contributed by atoms with Crippen LogP contribution in [0.5, 0.6) is 0 Å². The van der Waals surface area contributed by atoms with Crippen molar-refractivity contribution < 1.29 is 18.9 Å². The van der Waals surface area contributed by atoms with Gasteiger partial charge in [-0.05, 0) is 0 Å². The fourth-order valence-corrected chi connectivity index (χ4v) is 2.17. The van der Waals surface area contributed by atoms with Crippen molar-refractivity contribution in [1.29, 1.82) is 0 Å². The summed E-state index contributed by atoms with van der Waals surface area (Å²) in [5, 5.41) is 0. The summed E-state index contributed by atoms with van der Waals surface area (Å²) < 4.78 is 0. The average molecular weight is 276 g/mol. The van der Waals surface area contributed by atoms with Crippen molar-refractivity contribution >= 4 is 16.1 Å². The summed E-state index contributed by atoms with van der Waals surface area (Å²) in [5.74, 6) is 6.49. The van der Waals surface area contributed by atoms with E-state index in [2.05, 4.69) is 74.3 Å². The molecule has 0 fully saturated rings. The Morgan fingerprint density at radius 2 is 1.16 bits per heavy atom. The van der Waals surface area contributed by atoms with Crippen molar-refractivity contribution in [2.24, 2.45) is 0 Å². The van der Waals surface area contributed by atoms with Gasteiger partial charge in [-0.25, -0.2) is 0 Å². The van der Waals surface area contributed by atoms with Crippen molar-refractivity contribution in [3.63, 3.8) is 0 Å². The van der Waals surface area contributed by atoms with Crippen LogP contribution in [-0.4, -0.2) is 16.1 Å². The zero-order valence-corrected chi connectivity index (χ0v) is 15.2. The van der Waals surface area contributed by atoms with Gasteiger partial charge in [-0.1, -0.05) is 50.4 Å². The van der Waals surface area contributed by atoms with Gasteiger partial charge >= 0.3 is 18.9 Å². The second-order valence-corrected chi connectivity index (χ2v) is 16.0. The monoisotopic (exact) mass is 276 g/mol. The summed E-state index contributed by atoms with van der Waals surface area (Å²) in [7, 11) is -2.62. The summed E-state index contributed by atoms with van der Waals surface area (Å²) in [6.45, 7) is 13.5. The number of rotatable bonds is 0. The molecule has 0 aliphatic rings. The first-order valence-electron chi connectivity index (χ1n) is 6.23. The van der Waals surface area contributed by atoms with Crippen molar-refractivity contribution in [2.45, 2.75) is 39.3 Å². The molecule has 0 aliphatic carbocycles. The van der Waals surface area contributed by atoms with Crippen LogP contribution in [0.3, 0.4) is 0 Å². The Kier molecular flexibility index (Phi) is 6.99. The molecule has 0 aliphatic heterocycles. The van der Waals surface area contributed by atoms with E-state index in [4.69, 9.17) is 0 Å². The first-order valence-corrected chi connectivity index (χ1v) is 13.2. The predicted molar refractivity (Wildman–Crippen MR) is 85.7 cm³/mol. The Morgan fingerprint density at radius 3 is 1.47 bits per heavy atom. The van der Waals surface area contributed by atoms with E-state index in [1.54, 1.807) is 0 Å². The molecule has 0 amide bonds. The fraction of sp³-hybridized carbons (Fsp3) is 0.375. The van der Waals surface area contributed by atoms with Gasteiger partial charge < -0.3 is 0 Å². The molecule has 0 saturated heterocycles. The molecule has 19 heavy (non-hydrogen) atoms. The standard InChI is InChI=1S/C16H21Si2.Li/c1-17(2,3)12-10-15-8-7-9-16(14-15)11-13-18(4,5)6;/h8-9,14H,1-6H3;/q-1;+1. The minimum absolute atomic E-state index is 0. The van der Waals surface area contributed by atoms with E-state index < -0.39 is 16.1 Å². The van der Waals surface area contributed by atoms with Crippen molar-refractivity contribution in [3.05, 3.63) is 35.4 Å². The Labute approximate surface area is 132 Å². The Hall–Kier alpha value is -0.629. The van der Waals surface area contributed by atoms with Crippen LogP contribution in [0.4, 0.5) is 0 Å². The van der Waals surface area contributed by atoms with Gasteiger partial charge in [0.2, 0.25) is 0 Å². The molecular weight excluding hydrogens is 255 g/mol. The molecule has 0 saturated carbocycles. The molecule has 1 rings (SSSR count). The summed E-state index contributed by atoms with van der Waals surface area (Å²) in [4.78, 5) is 0. The molecule has 0 aromatic heterocycles. The van der Waals surface area contributed by atoms with Crippen LogP contribution in [0.15, 0.2) is 18.2 Å². The zero-order chi connectivity index (χ0) is 13.8. The molecule has 3 heteroatoms. The van der Waals surface area contributed by atoms with E-state index in [0.29, 0.717) is 0 Å². The molecule has 1 aromatic rings.